The van der Waals surface area contributed by atoms with E-state index in [-0.39, 0.29) is 17.9 Å². The van der Waals surface area contributed by atoms with E-state index in [1.807, 2.05) is 24.3 Å². The number of hydrogen-bond donors (Lipinski definition) is 1. The highest BCUT2D eigenvalue weighted by atomic mass is 16.5. The van der Waals surface area contributed by atoms with Gasteiger partial charge in [0.25, 0.3) is 11.8 Å². The van der Waals surface area contributed by atoms with Crippen LogP contribution in [0.15, 0.2) is 48.5 Å². The molecule has 2 aromatic carbocycles. The first kappa shape index (κ1) is 21.4. The number of fused-ring (bicyclic) bond motifs is 1. The van der Waals surface area contributed by atoms with Crippen molar-refractivity contribution in [3.05, 3.63) is 65.2 Å². The molecule has 0 saturated carbocycles. The summed E-state index contributed by atoms with van der Waals surface area (Å²) >= 11 is 0. The summed E-state index contributed by atoms with van der Waals surface area (Å²) in [6.07, 6.45) is 1.67. The molecule has 7 nitrogen and oxygen atoms in total. The predicted molar refractivity (Wildman–Crippen MR) is 118 cm³/mol. The normalized spacial score (nSPS) is 17.6. The maximum atomic E-state index is 12.4. The number of hydrogen-bond acceptors (Lipinski definition) is 4. The van der Waals surface area contributed by atoms with Gasteiger partial charge in [0.1, 0.15) is 11.9 Å². The Kier molecular flexibility index (Phi) is 6.41. The monoisotopic (exact) mass is 432 g/mol. The van der Waals surface area contributed by atoms with Gasteiger partial charge in [0.05, 0.1) is 17.7 Å². The molecular formula is C25H24N2O5. The van der Waals surface area contributed by atoms with Gasteiger partial charge >= 0.3 is 6.09 Å². The Labute approximate surface area is 186 Å². The highest BCUT2D eigenvalue weighted by molar-refractivity contribution is 6.21. The van der Waals surface area contributed by atoms with Gasteiger partial charge in [0.15, 0.2) is 0 Å². The molecule has 7 heteroatoms. The van der Waals surface area contributed by atoms with E-state index in [4.69, 9.17) is 9.84 Å². The fraction of sp³-hybridized carbons (Fsp3) is 0.320. The Morgan fingerprint density at radius 1 is 1.09 bits per heavy atom. The minimum Gasteiger partial charge on any atom is -0.489 e. The van der Waals surface area contributed by atoms with Gasteiger partial charge in [-0.2, -0.15) is 0 Å². The molecule has 3 amide bonds. The lowest BCUT2D eigenvalue weighted by Crippen LogP contribution is -2.43. The molecule has 4 rings (SSSR count). The van der Waals surface area contributed by atoms with Gasteiger partial charge in [-0.1, -0.05) is 30.0 Å². The van der Waals surface area contributed by atoms with Gasteiger partial charge in [-0.05, 0) is 49.6 Å². The molecule has 1 atom stereocenters. The number of piperidine rings is 1. The molecule has 2 aromatic rings. The lowest BCUT2D eigenvalue weighted by molar-refractivity contribution is 0.0653. The van der Waals surface area contributed by atoms with Crippen molar-refractivity contribution in [1.29, 1.82) is 0 Å². The zero-order chi connectivity index (χ0) is 22.5. The first-order valence-electron chi connectivity index (χ1n) is 10.7. The molecular weight excluding hydrogens is 408 g/mol. The van der Waals surface area contributed by atoms with Crippen LogP contribution in [-0.2, 0) is 0 Å². The molecule has 32 heavy (non-hydrogen) atoms. The summed E-state index contributed by atoms with van der Waals surface area (Å²) < 4.78 is 5.97. The van der Waals surface area contributed by atoms with E-state index in [1.54, 1.807) is 24.3 Å². The number of rotatable bonds is 5. The van der Waals surface area contributed by atoms with E-state index in [2.05, 4.69) is 11.8 Å². The van der Waals surface area contributed by atoms with E-state index in [0.29, 0.717) is 49.4 Å². The third kappa shape index (κ3) is 4.75. The first-order valence-corrected chi connectivity index (χ1v) is 10.7. The SMILES string of the molecule is O=C(O)N1CCCC(Oc2cccc(C#CCCCN3C(=O)c4ccccc4C3=O)c2)C1. The minimum absolute atomic E-state index is 0.164. The molecule has 0 aromatic heterocycles. The van der Waals surface area contributed by atoms with Crippen LogP contribution in [-0.4, -0.2) is 58.6 Å². The van der Waals surface area contributed by atoms with Crippen LogP contribution in [0.3, 0.4) is 0 Å². The standard InChI is InChI=1S/C25H24N2O5/c28-23-21-12-3-4-13-22(21)24(29)27(23)15-5-1-2-8-18-9-6-10-19(16-18)32-20-11-7-14-26(17-20)25(30)31/h3-4,6,9-10,12-13,16,20H,1,5,7,11,14-15,17H2,(H,30,31). The average molecular weight is 432 g/mol. The summed E-state index contributed by atoms with van der Waals surface area (Å²) in [5, 5.41) is 9.16. The van der Waals surface area contributed by atoms with Crippen molar-refractivity contribution in [3.8, 4) is 17.6 Å². The number of carbonyl (C=O) groups excluding carboxylic acids is 2. The quantitative estimate of drug-likeness (QED) is 0.443. The Morgan fingerprint density at radius 2 is 1.84 bits per heavy atom. The molecule has 0 spiro atoms. The molecule has 1 N–H and O–H groups in total. The highest BCUT2D eigenvalue weighted by Crippen LogP contribution is 2.23. The summed E-state index contributed by atoms with van der Waals surface area (Å²) in [5.41, 5.74) is 1.73. The lowest BCUT2D eigenvalue weighted by atomic mass is 10.1. The fourth-order valence-corrected chi connectivity index (χ4v) is 3.98. The van der Waals surface area contributed by atoms with Gasteiger partial charge in [-0.15, -0.1) is 0 Å². The zero-order valence-electron chi connectivity index (χ0n) is 17.6. The first-order chi connectivity index (χ1) is 15.5. The van der Waals surface area contributed by atoms with E-state index in [0.717, 1.165) is 18.4 Å². The van der Waals surface area contributed by atoms with Crippen LogP contribution in [0.25, 0.3) is 0 Å². The van der Waals surface area contributed by atoms with Gasteiger partial charge in [-0.3, -0.25) is 14.5 Å². The number of amides is 3. The van der Waals surface area contributed by atoms with Crippen LogP contribution in [0.4, 0.5) is 4.79 Å². The topological polar surface area (TPSA) is 87.2 Å². The summed E-state index contributed by atoms with van der Waals surface area (Å²) in [5.74, 6) is 6.36. The van der Waals surface area contributed by atoms with E-state index < -0.39 is 6.09 Å². The zero-order valence-corrected chi connectivity index (χ0v) is 17.6. The van der Waals surface area contributed by atoms with E-state index in [9.17, 15) is 14.4 Å². The van der Waals surface area contributed by atoms with Gasteiger partial charge in [0.2, 0.25) is 0 Å². The second-order valence-electron chi connectivity index (χ2n) is 7.85. The van der Waals surface area contributed by atoms with Crippen molar-refractivity contribution < 1.29 is 24.2 Å². The van der Waals surface area contributed by atoms with Gasteiger partial charge in [0, 0.05) is 25.1 Å². The van der Waals surface area contributed by atoms with Crippen molar-refractivity contribution in [3.63, 3.8) is 0 Å². The smallest absolute Gasteiger partial charge is 0.407 e. The van der Waals surface area contributed by atoms with Crippen LogP contribution in [0.1, 0.15) is 52.0 Å². The van der Waals surface area contributed by atoms with Crippen molar-refractivity contribution in [2.75, 3.05) is 19.6 Å². The summed E-state index contributed by atoms with van der Waals surface area (Å²) in [6.45, 7) is 1.25. The predicted octanol–water partition coefficient (Wildman–Crippen LogP) is 3.64. The molecule has 2 aliphatic rings. The Bertz CT molecular complexity index is 1070. The highest BCUT2D eigenvalue weighted by Gasteiger charge is 2.34. The second-order valence-corrected chi connectivity index (χ2v) is 7.85. The van der Waals surface area contributed by atoms with Gasteiger partial charge in [-0.25, -0.2) is 4.79 Å². The van der Waals surface area contributed by atoms with Crippen molar-refractivity contribution in [2.24, 2.45) is 0 Å². The van der Waals surface area contributed by atoms with E-state index in [1.165, 1.54) is 9.80 Å². The second kappa shape index (κ2) is 9.56. The van der Waals surface area contributed by atoms with Crippen molar-refractivity contribution in [1.82, 2.24) is 9.80 Å². The molecule has 164 valence electrons. The number of ether oxygens (including phenoxy) is 1. The number of unbranched alkanes of at least 4 members (excludes halogenated alkanes) is 1. The van der Waals surface area contributed by atoms with Crippen molar-refractivity contribution in [2.45, 2.75) is 31.8 Å². The molecule has 0 aliphatic carbocycles. The third-order valence-corrected chi connectivity index (χ3v) is 5.58. The van der Waals surface area contributed by atoms with E-state index >= 15 is 0 Å². The number of imide groups is 1. The number of carboxylic acid groups (broad SMARTS) is 1. The number of likely N-dealkylation sites (tertiary alicyclic amines) is 1. The molecule has 0 radical (unpaired) electrons. The molecule has 1 fully saturated rings. The summed E-state index contributed by atoms with van der Waals surface area (Å²) in [7, 11) is 0. The molecule has 2 heterocycles. The van der Waals surface area contributed by atoms with Crippen LogP contribution >= 0.6 is 0 Å². The molecule has 2 aliphatic heterocycles. The molecule has 1 unspecified atom stereocenters. The molecule has 0 bridgehead atoms. The van der Waals surface area contributed by atoms with Crippen LogP contribution < -0.4 is 4.74 Å². The Morgan fingerprint density at radius 3 is 2.56 bits per heavy atom. The number of benzene rings is 2. The summed E-state index contributed by atoms with van der Waals surface area (Å²) in [6, 6.07) is 14.3. The fourth-order valence-electron chi connectivity index (χ4n) is 3.98. The van der Waals surface area contributed by atoms with Crippen LogP contribution in [0.5, 0.6) is 5.75 Å². The third-order valence-electron chi connectivity index (χ3n) is 5.58. The maximum Gasteiger partial charge on any atom is 0.407 e. The largest absolute Gasteiger partial charge is 0.489 e. The Balaban J connectivity index is 1.28. The van der Waals surface area contributed by atoms with Crippen molar-refractivity contribution >= 4 is 17.9 Å². The number of nitrogens with zero attached hydrogens (tertiary/aromatic N) is 2. The van der Waals surface area contributed by atoms with Gasteiger partial charge < -0.3 is 14.7 Å². The number of carbonyl (C=O) groups is 3. The average Bonchev–Trinajstić information content (AvgIpc) is 3.04. The summed E-state index contributed by atoms with van der Waals surface area (Å²) in [4.78, 5) is 38.6. The minimum atomic E-state index is -0.917. The van der Waals surface area contributed by atoms with Crippen LogP contribution in [0, 0.1) is 11.8 Å². The lowest BCUT2D eigenvalue weighted by Gasteiger charge is -2.30. The maximum absolute atomic E-state index is 12.4. The van der Waals surface area contributed by atoms with Crippen LogP contribution in [0.2, 0.25) is 0 Å². The Hall–Kier alpha value is -3.79. The molecule has 1 saturated heterocycles.